The van der Waals surface area contributed by atoms with E-state index in [4.69, 9.17) is 37.6 Å². The lowest BCUT2D eigenvalue weighted by Crippen LogP contribution is -2.35. The summed E-state index contributed by atoms with van der Waals surface area (Å²) in [6, 6.07) is 5.34. The maximum absolute atomic E-state index is 15.2. The van der Waals surface area contributed by atoms with E-state index in [9.17, 15) is 96.7 Å². The van der Waals surface area contributed by atoms with Gasteiger partial charge in [0.1, 0.15) is 59.7 Å². The van der Waals surface area contributed by atoms with Gasteiger partial charge in [-0.25, -0.2) is 85.7 Å². The smallest absolute Gasteiger partial charge is 0.444 e. The zero-order valence-electron chi connectivity index (χ0n) is 65.4. The van der Waals surface area contributed by atoms with Crippen LogP contribution >= 0.6 is 15.5 Å². The Hall–Kier alpha value is -12.3. The summed E-state index contributed by atoms with van der Waals surface area (Å²) in [4.78, 5) is 122. The van der Waals surface area contributed by atoms with E-state index in [1.165, 1.54) is 43.1 Å². The number of allylic oxidation sites excluding steroid dienone is 4. The Balaban J connectivity index is 0.000000176. The summed E-state index contributed by atoms with van der Waals surface area (Å²) >= 11 is 0. The fourth-order valence-electron chi connectivity index (χ4n) is 13.1. The Morgan fingerprint density at radius 1 is 0.468 bits per heavy atom. The number of aromatic nitrogens is 2. The number of aliphatic hydroxyl groups excluding tert-OH is 1. The van der Waals surface area contributed by atoms with Gasteiger partial charge in [0.2, 0.25) is 0 Å². The summed E-state index contributed by atoms with van der Waals surface area (Å²) < 4.78 is 250. The zero-order chi connectivity index (χ0) is 89.5. The number of rotatable bonds is 23. The van der Waals surface area contributed by atoms with Crippen LogP contribution < -0.4 is 48.5 Å². The van der Waals surface area contributed by atoms with Crippen LogP contribution in [-0.2, 0) is 65.6 Å². The lowest BCUT2D eigenvalue weighted by atomic mass is 10.1. The minimum atomic E-state index is -4.84. The molecule has 1 unspecified atom stereocenters. The van der Waals surface area contributed by atoms with Gasteiger partial charge in [-0.05, 0) is 58.4 Å². The number of amides is 4. The van der Waals surface area contributed by atoms with Crippen LogP contribution in [0.4, 0.5) is 129 Å². The third-order valence-corrected chi connectivity index (χ3v) is 22.6. The first-order chi connectivity index (χ1) is 58.2. The summed E-state index contributed by atoms with van der Waals surface area (Å²) in [5.41, 5.74) is -5.17. The Morgan fingerprint density at radius 2 is 0.750 bits per heavy atom. The van der Waals surface area contributed by atoms with E-state index >= 15 is 13.2 Å². The van der Waals surface area contributed by atoms with Crippen molar-refractivity contribution in [3.05, 3.63) is 168 Å². The number of carbonyl (C=O) groups is 9. The number of halogens is 12. The highest BCUT2D eigenvalue weighted by molar-refractivity contribution is 7.55. The van der Waals surface area contributed by atoms with Gasteiger partial charge in [0.05, 0.1) is 80.8 Å². The SMILES string of the molecule is C.CC(=O)OP(=O)(O)N(C[C@H]1CN(c2cc(F)c(N3C=CC(=O)CC3)c(F)c2F)C(=O)O1)c1ccon1.CC(C)OP(=O)(OC(C)C)N(C[C@H]1CN(c2cc(F)c(N3C=CC(=O)CC3)c(F)c2F)C(=O)O1)c1ccon1.CC[C@H]1CN(c2cc(F)c(N3C=CC(=O)CC3)c(F)c2F)C(=O)O1.O=C1C=CN(c2c(F)cc(N3C[C@H](CO)OC3=O)c(F)c2F)CC1. The molecule has 4 saturated heterocycles. The van der Waals surface area contributed by atoms with E-state index in [2.05, 4.69) is 19.4 Å². The van der Waals surface area contributed by atoms with E-state index < -0.39 is 217 Å². The molecule has 2 aromatic heterocycles. The average molecular weight is 1800 g/mol. The average Bonchev–Trinajstić information content (AvgIpc) is 1.45. The van der Waals surface area contributed by atoms with Gasteiger partial charge in [0.25, 0.3) is 0 Å². The summed E-state index contributed by atoms with van der Waals surface area (Å²) in [6.45, 7) is 6.88. The van der Waals surface area contributed by atoms with E-state index in [1.54, 1.807) is 34.6 Å². The number of aliphatic hydroxyl groups is 1. The highest BCUT2D eigenvalue weighted by Crippen LogP contribution is 2.56. The number of ether oxygens (including phenoxy) is 4. The molecular formula is C76H78F12N12O22P2. The van der Waals surface area contributed by atoms with Crippen molar-refractivity contribution >= 4 is 126 Å². The van der Waals surface area contributed by atoms with Crippen LogP contribution in [-0.4, -0.2) is 182 Å². The molecule has 6 aromatic rings. The van der Waals surface area contributed by atoms with Gasteiger partial charge in [-0.15, -0.1) is 0 Å². The van der Waals surface area contributed by atoms with Gasteiger partial charge in [-0.3, -0.25) is 62.2 Å². The van der Waals surface area contributed by atoms with Crippen molar-refractivity contribution in [1.82, 2.24) is 10.3 Å². The normalized spacial score (nSPS) is 19.3. The molecule has 48 heteroatoms. The maximum atomic E-state index is 15.2. The van der Waals surface area contributed by atoms with Gasteiger partial charge >= 0.3 is 45.8 Å². The van der Waals surface area contributed by atoms with Gasteiger partial charge in [-0.2, -0.15) is 0 Å². The van der Waals surface area contributed by atoms with Crippen molar-refractivity contribution in [2.45, 2.75) is 118 Å². The van der Waals surface area contributed by atoms with Crippen LogP contribution in [0.5, 0.6) is 0 Å². The van der Waals surface area contributed by atoms with Crippen molar-refractivity contribution in [2.75, 3.05) is 121 Å². The molecule has 10 heterocycles. The summed E-state index contributed by atoms with van der Waals surface area (Å²) in [6.07, 6.45) is 3.40. The van der Waals surface area contributed by atoms with Crippen LogP contribution in [0.1, 0.15) is 81.1 Å². The van der Waals surface area contributed by atoms with Gasteiger partial charge in [0, 0.05) is 120 Å². The molecule has 0 spiro atoms. The maximum Gasteiger partial charge on any atom is 0.490 e. The number of ketones is 4. The van der Waals surface area contributed by atoms with Crippen molar-refractivity contribution in [3.8, 4) is 0 Å². The summed E-state index contributed by atoms with van der Waals surface area (Å²) in [5, 5.41) is 16.3. The second-order valence-electron chi connectivity index (χ2n) is 28.1. The van der Waals surface area contributed by atoms with Crippen molar-refractivity contribution < 1.29 is 157 Å². The Bertz CT molecular complexity index is 5190. The molecule has 0 radical (unpaired) electrons. The summed E-state index contributed by atoms with van der Waals surface area (Å²) in [5.74, 6) is -18.3. The number of hydrogen-bond donors (Lipinski definition) is 2. The Kier molecular flexibility index (Phi) is 30.0. The predicted octanol–water partition coefficient (Wildman–Crippen LogP) is 13.5. The molecule has 34 nitrogen and oxygen atoms in total. The lowest BCUT2D eigenvalue weighted by Gasteiger charge is -2.33. The Labute approximate surface area is 696 Å². The third-order valence-electron chi connectivity index (χ3n) is 18.8. The van der Waals surface area contributed by atoms with Gasteiger partial charge < -0.3 is 57.2 Å². The highest BCUT2D eigenvalue weighted by atomic mass is 31.2. The van der Waals surface area contributed by atoms with Crippen LogP contribution in [0.2, 0.25) is 0 Å². The van der Waals surface area contributed by atoms with E-state index in [-0.39, 0.29) is 120 Å². The quantitative estimate of drug-likeness (QED) is 0.0260. The number of hydrogen-bond acceptors (Lipinski definition) is 27. The number of benzene rings is 4. The van der Waals surface area contributed by atoms with E-state index in [0.717, 1.165) is 82.7 Å². The lowest BCUT2D eigenvalue weighted by molar-refractivity contribution is -0.132. The first kappa shape index (κ1) is 94.0. The first-order valence-corrected chi connectivity index (χ1v) is 40.2. The molecular weight excluding hydrogens is 1720 g/mol. The van der Waals surface area contributed by atoms with Crippen molar-refractivity contribution in [2.24, 2.45) is 0 Å². The molecule has 8 aliphatic rings. The molecule has 0 bridgehead atoms. The molecule has 124 heavy (non-hydrogen) atoms. The van der Waals surface area contributed by atoms with E-state index in [1.807, 2.05) is 0 Å². The fraction of sp³-hybridized carbons (Fsp3) is 0.382. The fourth-order valence-corrected chi connectivity index (χ4v) is 16.4. The van der Waals surface area contributed by atoms with Crippen molar-refractivity contribution in [3.63, 3.8) is 0 Å². The molecule has 8 aliphatic heterocycles. The van der Waals surface area contributed by atoms with Gasteiger partial charge in [-0.1, -0.05) is 24.7 Å². The molecule has 0 saturated carbocycles. The van der Waals surface area contributed by atoms with Crippen LogP contribution in [0.25, 0.3) is 0 Å². The number of carbonyl (C=O) groups excluding carboxylic acids is 9. The number of cyclic esters (lactones) is 4. The predicted molar refractivity (Wildman–Crippen MR) is 414 cm³/mol. The second-order valence-corrected chi connectivity index (χ2v) is 31.6. The zero-order valence-corrected chi connectivity index (χ0v) is 67.2. The molecule has 14 rings (SSSR count). The number of anilines is 10. The van der Waals surface area contributed by atoms with Crippen LogP contribution in [0.15, 0.2) is 107 Å². The first-order valence-electron chi connectivity index (χ1n) is 37.2. The molecule has 4 fully saturated rings. The minimum Gasteiger partial charge on any atom is -0.444 e. The molecule has 668 valence electrons. The van der Waals surface area contributed by atoms with Crippen molar-refractivity contribution in [1.29, 1.82) is 0 Å². The molecule has 5 atom stereocenters. The molecule has 0 aliphatic carbocycles. The van der Waals surface area contributed by atoms with Crippen LogP contribution in [0, 0.1) is 69.8 Å². The standard InChI is InChI=1S/C24H28F3N4O7P.C20H18F3N4O8P.C16H15F3N2O3.C15H13F3N2O4.CH4/c1-14(2)37-39(34,38-15(3)4)31(20-7-10-35-28-20)13-17-12-30(24(33)36-17)19-11-18(25)23(22(27)21(19)26)29-8-5-16(32)6-9-29;1-11(28)35-36(31,32)27(16-4-7-33-24-16)10-13-9-26(20(30)34-13)15-8-14(21)19(18(23)17(15)22)25-5-2-12(29)3-6-25;1-2-10-8-21(16(23)24-10)12-7-11(17)15(14(19)13(12)18)20-5-3-9(22)4-6-20;16-10-5-11(20-6-9(7-21)24-15(20)23)12(17)13(18)14(10)19-3-1-8(22)2-4-19;/h5,7-8,10-11,14-15,17H,6,9,12-13H2,1-4H3;2,4-5,7-8,13H,3,6,9-10H2,1H3,(H,31,32);3,5,7,10H,2,4,6,8H2,1H3;1,3,5,9,21H,2,4,6-7H2;1H4/t17-;13-;10-;9-;/m1101./s1. The third kappa shape index (κ3) is 21.0. The molecule has 2 N–H and O–H groups in total. The molecule has 4 amide bonds. The van der Waals surface area contributed by atoms with Crippen LogP contribution in [0.3, 0.4) is 0 Å². The number of nitrogens with zero attached hydrogens (tertiary/aromatic N) is 12. The summed E-state index contributed by atoms with van der Waals surface area (Å²) in [7, 11) is -8.92. The minimum absolute atomic E-state index is 0. The second kappa shape index (κ2) is 39.5. The van der Waals surface area contributed by atoms with Gasteiger partial charge in [0.15, 0.2) is 105 Å². The highest BCUT2D eigenvalue weighted by Gasteiger charge is 2.47. The topological polar surface area (TPSA) is 377 Å². The Morgan fingerprint density at radius 3 is 1.00 bits per heavy atom. The monoisotopic (exact) mass is 1800 g/mol. The van der Waals surface area contributed by atoms with E-state index in [0.29, 0.717) is 34.2 Å². The molecule has 4 aromatic carbocycles. The largest absolute Gasteiger partial charge is 0.490 e.